The Morgan fingerprint density at radius 3 is 2.42 bits per heavy atom. The van der Waals surface area contributed by atoms with Crippen LogP contribution in [-0.4, -0.2) is 30.2 Å². The molecular weight excluding hydrogens is 342 g/mol. The van der Waals surface area contributed by atoms with Crippen LogP contribution >= 0.6 is 11.8 Å². The van der Waals surface area contributed by atoms with E-state index in [1.165, 1.54) is 26.5 Å². The van der Waals surface area contributed by atoms with Crippen molar-refractivity contribution in [1.29, 1.82) is 0 Å². The van der Waals surface area contributed by atoms with Crippen LogP contribution in [0.5, 0.6) is 0 Å². The molecule has 3 nitrogen and oxygen atoms in total. The van der Waals surface area contributed by atoms with E-state index >= 15 is 0 Å². The lowest BCUT2D eigenvalue weighted by atomic mass is 10.1. The van der Waals surface area contributed by atoms with Gasteiger partial charge in [0.05, 0.1) is 0 Å². The molecule has 0 spiro atoms. The van der Waals surface area contributed by atoms with Gasteiger partial charge in [-0.05, 0) is 64.3 Å². The highest BCUT2D eigenvalue weighted by molar-refractivity contribution is 7.99. The molecule has 0 aliphatic carbocycles. The monoisotopic (exact) mass is 371 g/mol. The molecule has 0 N–H and O–H groups in total. The summed E-state index contributed by atoms with van der Waals surface area (Å²) in [6.07, 6.45) is 0.515. The Bertz CT molecular complexity index is 765. The number of aryl methyl sites for hydroxylation is 2. The summed E-state index contributed by atoms with van der Waals surface area (Å²) in [4.78, 5) is 16.3. The standard InChI is InChI=1S/C22H29NO2S/c1-16-11-12-19(17(2)15-16)26-20-10-8-7-9-18(20)13-14-23(6)21(24)25-22(3,4)5/h7-12,15H,13-14H2,1-6H3. The molecule has 0 radical (unpaired) electrons. The molecule has 0 saturated heterocycles. The molecule has 26 heavy (non-hydrogen) atoms. The Balaban J connectivity index is 2.06. The molecule has 0 aliphatic heterocycles. The third-order valence-corrected chi connectivity index (χ3v) is 5.24. The molecule has 0 atom stereocenters. The molecule has 2 aromatic carbocycles. The molecule has 0 saturated carbocycles. The fraction of sp³-hybridized carbons (Fsp3) is 0.409. The number of hydrogen-bond acceptors (Lipinski definition) is 3. The highest BCUT2D eigenvalue weighted by Gasteiger charge is 2.19. The highest BCUT2D eigenvalue weighted by atomic mass is 32.2. The van der Waals surface area contributed by atoms with Crippen LogP contribution < -0.4 is 0 Å². The van der Waals surface area contributed by atoms with Crippen LogP contribution in [0.2, 0.25) is 0 Å². The molecule has 0 bridgehead atoms. The predicted octanol–water partition coefficient (Wildman–Crippen LogP) is 5.86. The minimum atomic E-state index is -0.470. The number of carbonyl (C=O) groups excluding carboxylic acids is 1. The van der Waals surface area contributed by atoms with Gasteiger partial charge in [0, 0.05) is 23.4 Å². The summed E-state index contributed by atoms with van der Waals surface area (Å²) in [5.41, 5.74) is 3.34. The van der Waals surface area contributed by atoms with Crippen LogP contribution in [0.15, 0.2) is 52.3 Å². The summed E-state index contributed by atoms with van der Waals surface area (Å²) in [5.74, 6) is 0. The zero-order valence-corrected chi connectivity index (χ0v) is 17.4. The molecule has 4 heteroatoms. The van der Waals surface area contributed by atoms with Crippen LogP contribution in [-0.2, 0) is 11.2 Å². The Hall–Kier alpha value is -1.94. The van der Waals surface area contributed by atoms with Crippen molar-refractivity contribution in [2.75, 3.05) is 13.6 Å². The Labute approximate surface area is 161 Å². The summed E-state index contributed by atoms with van der Waals surface area (Å²) in [5, 5.41) is 0. The highest BCUT2D eigenvalue weighted by Crippen LogP contribution is 2.33. The molecule has 0 unspecified atom stereocenters. The topological polar surface area (TPSA) is 29.5 Å². The van der Waals surface area contributed by atoms with Crippen molar-refractivity contribution in [3.63, 3.8) is 0 Å². The van der Waals surface area contributed by atoms with E-state index < -0.39 is 5.60 Å². The Morgan fingerprint density at radius 2 is 1.77 bits per heavy atom. The lowest BCUT2D eigenvalue weighted by Crippen LogP contribution is -2.35. The lowest BCUT2D eigenvalue weighted by molar-refractivity contribution is 0.0300. The third-order valence-electron chi connectivity index (χ3n) is 3.94. The number of benzene rings is 2. The van der Waals surface area contributed by atoms with Gasteiger partial charge in [0.15, 0.2) is 0 Å². The lowest BCUT2D eigenvalue weighted by Gasteiger charge is -2.24. The van der Waals surface area contributed by atoms with Crippen LogP contribution in [0.1, 0.15) is 37.5 Å². The van der Waals surface area contributed by atoms with Gasteiger partial charge >= 0.3 is 6.09 Å². The maximum atomic E-state index is 12.1. The predicted molar refractivity (Wildman–Crippen MR) is 109 cm³/mol. The molecule has 0 heterocycles. The largest absolute Gasteiger partial charge is 0.444 e. The first-order valence-electron chi connectivity index (χ1n) is 8.93. The molecular formula is C22H29NO2S. The van der Waals surface area contributed by atoms with Crippen molar-refractivity contribution in [1.82, 2.24) is 4.90 Å². The van der Waals surface area contributed by atoms with E-state index in [1.807, 2.05) is 20.8 Å². The van der Waals surface area contributed by atoms with E-state index in [2.05, 4.69) is 56.3 Å². The van der Waals surface area contributed by atoms with E-state index in [0.717, 1.165) is 6.42 Å². The third kappa shape index (κ3) is 6.10. The minimum absolute atomic E-state index is 0.281. The van der Waals surface area contributed by atoms with E-state index in [0.29, 0.717) is 6.54 Å². The maximum absolute atomic E-state index is 12.1. The van der Waals surface area contributed by atoms with Crippen molar-refractivity contribution in [2.45, 2.75) is 56.4 Å². The number of carbonyl (C=O) groups is 1. The summed E-state index contributed by atoms with van der Waals surface area (Å²) in [6, 6.07) is 14.9. The molecule has 0 aromatic heterocycles. The first-order chi connectivity index (χ1) is 12.2. The van der Waals surface area contributed by atoms with E-state index in [1.54, 1.807) is 23.7 Å². The number of nitrogens with zero attached hydrogens (tertiary/aromatic N) is 1. The first-order valence-corrected chi connectivity index (χ1v) is 9.74. The number of likely N-dealkylation sites (N-methyl/N-ethyl adjacent to an activating group) is 1. The maximum Gasteiger partial charge on any atom is 0.410 e. The van der Waals surface area contributed by atoms with Crippen molar-refractivity contribution in [3.05, 3.63) is 59.2 Å². The van der Waals surface area contributed by atoms with Gasteiger partial charge in [-0.15, -0.1) is 0 Å². The second-order valence-corrected chi connectivity index (χ2v) is 8.71. The SMILES string of the molecule is Cc1ccc(Sc2ccccc2CCN(C)C(=O)OC(C)(C)C)c(C)c1. The number of ether oxygens (including phenoxy) is 1. The fourth-order valence-corrected chi connectivity index (χ4v) is 3.60. The molecule has 2 aromatic rings. The number of hydrogen-bond donors (Lipinski definition) is 0. The van der Waals surface area contributed by atoms with E-state index in [-0.39, 0.29) is 6.09 Å². The van der Waals surface area contributed by atoms with Crippen LogP contribution in [0.3, 0.4) is 0 Å². The van der Waals surface area contributed by atoms with E-state index in [4.69, 9.17) is 4.74 Å². The average molecular weight is 372 g/mol. The van der Waals surface area contributed by atoms with Gasteiger partial charge in [0.1, 0.15) is 5.60 Å². The molecule has 1 amide bonds. The summed E-state index contributed by atoms with van der Waals surface area (Å²) in [7, 11) is 1.79. The van der Waals surface area contributed by atoms with Crippen molar-refractivity contribution in [3.8, 4) is 0 Å². The minimum Gasteiger partial charge on any atom is -0.444 e. The summed E-state index contributed by atoms with van der Waals surface area (Å²) < 4.78 is 5.42. The number of rotatable bonds is 5. The van der Waals surface area contributed by atoms with Gasteiger partial charge < -0.3 is 9.64 Å². The van der Waals surface area contributed by atoms with E-state index in [9.17, 15) is 4.79 Å². The Kier molecular flexibility index (Phi) is 6.76. The molecule has 0 fully saturated rings. The van der Waals surface area contributed by atoms with Gasteiger partial charge in [-0.25, -0.2) is 4.79 Å². The normalized spacial score (nSPS) is 11.3. The van der Waals surface area contributed by atoms with Crippen molar-refractivity contribution >= 4 is 17.9 Å². The second-order valence-electron chi connectivity index (χ2n) is 7.63. The zero-order chi connectivity index (χ0) is 19.3. The quantitative estimate of drug-likeness (QED) is 0.659. The zero-order valence-electron chi connectivity index (χ0n) is 16.6. The van der Waals surface area contributed by atoms with Gasteiger partial charge in [-0.2, -0.15) is 0 Å². The van der Waals surface area contributed by atoms with Gasteiger partial charge in [-0.3, -0.25) is 0 Å². The van der Waals surface area contributed by atoms with Gasteiger partial charge in [0.25, 0.3) is 0 Å². The summed E-state index contributed by atoms with van der Waals surface area (Å²) >= 11 is 1.78. The van der Waals surface area contributed by atoms with Gasteiger partial charge in [0.2, 0.25) is 0 Å². The fourth-order valence-electron chi connectivity index (χ4n) is 2.56. The molecule has 2 rings (SSSR count). The first kappa shape index (κ1) is 20.4. The van der Waals surface area contributed by atoms with Crippen LogP contribution in [0.4, 0.5) is 4.79 Å². The van der Waals surface area contributed by atoms with Crippen molar-refractivity contribution in [2.24, 2.45) is 0 Å². The second kappa shape index (κ2) is 8.63. The smallest absolute Gasteiger partial charge is 0.410 e. The van der Waals surface area contributed by atoms with Gasteiger partial charge in [-0.1, -0.05) is 47.7 Å². The molecule has 140 valence electrons. The van der Waals surface area contributed by atoms with Crippen LogP contribution in [0.25, 0.3) is 0 Å². The van der Waals surface area contributed by atoms with Crippen molar-refractivity contribution < 1.29 is 9.53 Å². The Morgan fingerprint density at radius 1 is 1.08 bits per heavy atom. The average Bonchev–Trinajstić information content (AvgIpc) is 2.54. The summed E-state index contributed by atoms with van der Waals surface area (Å²) in [6.45, 7) is 10.5. The van der Waals surface area contributed by atoms with Crippen LogP contribution in [0, 0.1) is 13.8 Å². The molecule has 0 aliphatic rings. The number of amides is 1.